The molecule has 0 bridgehead atoms. The van der Waals surface area contributed by atoms with Crippen LogP contribution in [0.15, 0.2) is 54.9 Å². The summed E-state index contributed by atoms with van der Waals surface area (Å²) in [5.41, 5.74) is 4.51. The maximum Gasteiger partial charge on any atom is 0.355 e. The van der Waals surface area contributed by atoms with E-state index in [9.17, 15) is 24.1 Å². The molecule has 3 rings (SSSR count). The molecule has 0 aliphatic rings. The number of anilines is 3. The summed E-state index contributed by atoms with van der Waals surface area (Å²) >= 11 is 0. The number of nitrogens with one attached hydrogen (secondary N) is 3. The predicted molar refractivity (Wildman–Crippen MR) is 107 cm³/mol. The Morgan fingerprint density at radius 3 is 2.42 bits per heavy atom. The summed E-state index contributed by atoms with van der Waals surface area (Å²) in [6.45, 7) is 0. The monoisotopic (exact) mass is 426 g/mol. The van der Waals surface area contributed by atoms with Gasteiger partial charge in [0.05, 0.1) is 23.3 Å². The van der Waals surface area contributed by atoms with E-state index in [0.29, 0.717) is 0 Å². The van der Waals surface area contributed by atoms with Crippen LogP contribution < -0.4 is 16.2 Å². The topological polar surface area (TPSA) is 148 Å². The van der Waals surface area contributed by atoms with Crippen LogP contribution in [-0.2, 0) is 4.74 Å². The standard InChI is InChI=1S/C19H15FN6O5/c1-31-19(28)13-4-2-3-5-14(13)23-16-15(26(29)30)17(22-10-21-16)24-25-18(27)11-6-8-12(20)9-7-11/h2-10H,1H3,(H,25,27)(H2,21,22,23,24). The first-order valence-electron chi connectivity index (χ1n) is 8.66. The third kappa shape index (κ3) is 4.87. The molecular formula is C19H15FN6O5. The maximum atomic E-state index is 13.0. The molecule has 0 atom stereocenters. The lowest BCUT2D eigenvalue weighted by molar-refractivity contribution is -0.383. The second kappa shape index (κ2) is 9.26. The number of para-hydroxylation sites is 1. The molecule has 0 fully saturated rings. The minimum absolute atomic E-state index is 0.121. The Kier molecular flexibility index (Phi) is 6.30. The zero-order chi connectivity index (χ0) is 22.4. The van der Waals surface area contributed by atoms with Gasteiger partial charge in [0, 0.05) is 5.56 Å². The number of esters is 1. The third-order valence-electron chi connectivity index (χ3n) is 3.99. The second-order valence-electron chi connectivity index (χ2n) is 5.92. The Labute approximate surface area is 174 Å². The SMILES string of the molecule is COC(=O)c1ccccc1Nc1ncnc(NNC(=O)c2ccc(F)cc2)c1[N+](=O)[O-]. The van der Waals surface area contributed by atoms with Crippen molar-refractivity contribution < 1.29 is 23.6 Å². The van der Waals surface area contributed by atoms with Gasteiger partial charge in [0.2, 0.25) is 11.6 Å². The van der Waals surface area contributed by atoms with Crippen LogP contribution in [0.3, 0.4) is 0 Å². The molecule has 1 aromatic heterocycles. The highest BCUT2D eigenvalue weighted by atomic mass is 19.1. The molecule has 11 nitrogen and oxygen atoms in total. The second-order valence-corrected chi connectivity index (χ2v) is 5.92. The number of nitro groups is 1. The maximum absolute atomic E-state index is 13.0. The van der Waals surface area contributed by atoms with Crippen molar-refractivity contribution in [1.82, 2.24) is 15.4 Å². The van der Waals surface area contributed by atoms with E-state index in [1.165, 1.54) is 31.4 Å². The van der Waals surface area contributed by atoms with E-state index in [1.807, 2.05) is 0 Å². The van der Waals surface area contributed by atoms with Crippen LogP contribution in [0.2, 0.25) is 0 Å². The average Bonchev–Trinajstić information content (AvgIpc) is 2.77. The molecule has 1 heterocycles. The van der Waals surface area contributed by atoms with Crippen molar-refractivity contribution in [3.05, 3.63) is 81.9 Å². The first kappa shape index (κ1) is 21.1. The van der Waals surface area contributed by atoms with Gasteiger partial charge in [-0.3, -0.25) is 25.8 Å². The molecule has 0 spiro atoms. The number of aromatic nitrogens is 2. The van der Waals surface area contributed by atoms with E-state index < -0.39 is 28.3 Å². The molecule has 0 saturated carbocycles. The van der Waals surface area contributed by atoms with Crippen molar-refractivity contribution in [2.45, 2.75) is 0 Å². The molecule has 1 amide bonds. The van der Waals surface area contributed by atoms with Crippen LogP contribution in [0, 0.1) is 15.9 Å². The molecule has 31 heavy (non-hydrogen) atoms. The molecule has 3 aromatic rings. The van der Waals surface area contributed by atoms with Crippen molar-refractivity contribution in [2.24, 2.45) is 0 Å². The molecule has 158 valence electrons. The number of nitrogens with zero attached hydrogens (tertiary/aromatic N) is 3. The smallest absolute Gasteiger partial charge is 0.355 e. The van der Waals surface area contributed by atoms with Crippen molar-refractivity contribution in [3.63, 3.8) is 0 Å². The lowest BCUT2D eigenvalue weighted by Crippen LogP contribution is -2.30. The summed E-state index contributed by atoms with van der Waals surface area (Å²) in [5, 5.41) is 14.4. The quantitative estimate of drug-likeness (QED) is 0.294. The lowest BCUT2D eigenvalue weighted by atomic mass is 10.2. The summed E-state index contributed by atoms with van der Waals surface area (Å²) in [7, 11) is 1.21. The van der Waals surface area contributed by atoms with E-state index >= 15 is 0 Å². The largest absolute Gasteiger partial charge is 0.465 e. The molecule has 0 unspecified atom stereocenters. The molecular weight excluding hydrogens is 411 g/mol. The predicted octanol–water partition coefficient (Wildman–Crippen LogP) is 2.81. The van der Waals surface area contributed by atoms with Crippen molar-refractivity contribution >= 4 is 34.9 Å². The van der Waals surface area contributed by atoms with Crippen LogP contribution in [0.5, 0.6) is 0 Å². The minimum atomic E-state index is -0.754. The summed E-state index contributed by atoms with van der Waals surface area (Å²) in [5.74, 6) is -2.37. The Bertz CT molecular complexity index is 1140. The lowest BCUT2D eigenvalue weighted by Gasteiger charge is -2.12. The summed E-state index contributed by atoms with van der Waals surface area (Å²) in [6.07, 6.45) is 1.03. The van der Waals surface area contributed by atoms with Crippen LogP contribution in [-0.4, -0.2) is 33.9 Å². The third-order valence-corrected chi connectivity index (χ3v) is 3.99. The Morgan fingerprint density at radius 2 is 1.74 bits per heavy atom. The molecule has 12 heteroatoms. The van der Waals surface area contributed by atoms with Crippen LogP contribution in [0.4, 0.5) is 27.4 Å². The highest BCUT2D eigenvalue weighted by Crippen LogP contribution is 2.31. The zero-order valence-electron chi connectivity index (χ0n) is 16.0. The van der Waals surface area contributed by atoms with E-state index in [2.05, 4.69) is 26.1 Å². The van der Waals surface area contributed by atoms with Gasteiger partial charge < -0.3 is 10.1 Å². The molecule has 2 aromatic carbocycles. The van der Waals surface area contributed by atoms with Gasteiger partial charge in [0.15, 0.2) is 0 Å². The number of hydrogen-bond acceptors (Lipinski definition) is 9. The fourth-order valence-corrected chi connectivity index (χ4v) is 2.53. The van der Waals surface area contributed by atoms with E-state index in [1.54, 1.807) is 12.1 Å². The molecule has 0 radical (unpaired) electrons. The Hall–Kier alpha value is -4.61. The van der Waals surface area contributed by atoms with Gasteiger partial charge in [-0.05, 0) is 36.4 Å². The van der Waals surface area contributed by atoms with Crippen molar-refractivity contribution in [1.29, 1.82) is 0 Å². The van der Waals surface area contributed by atoms with E-state index in [-0.39, 0.29) is 28.5 Å². The summed E-state index contributed by atoms with van der Waals surface area (Å²) in [6, 6.07) is 10.9. The van der Waals surface area contributed by atoms with Gasteiger partial charge in [0.1, 0.15) is 12.1 Å². The number of carbonyl (C=O) groups is 2. The molecule has 3 N–H and O–H groups in total. The van der Waals surface area contributed by atoms with Gasteiger partial charge in [-0.25, -0.2) is 19.2 Å². The summed E-state index contributed by atoms with van der Waals surface area (Å²) < 4.78 is 17.7. The Balaban J connectivity index is 1.87. The van der Waals surface area contributed by atoms with Gasteiger partial charge in [-0.2, -0.15) is 0 Å². The van der Waals surface area contributed by atoms with Crippen LogP contribution in [0.25, 0.3) is 0 Å². The van der Waals surface area contributed by atoms with Crippen LogP contribution >= 0.6 is 0 Å². The van der Waals surface area contributed by atoms with Crippen molar-refractivity contribution in [2.75, 3.05) is 17.9 Å². The van der Waals surface area contributed by atoms with E-state index in [0.717, 1.165) is 18.5 Å². The fraction of sp³-hybridized carbons (Fsp3) is 0.0526. The average molecular weight is 426 g/mol. The number of benzene rings is 2. The van der Waals surface area contributed by atoms with Crippen molar-refractivity contribution in [3.8, 4) is 0 Å². The fourth-order valence-electron chi connectivity index (χ4n) is 2.53. The number of ether oxygens (including phenoxy) is 1. The molecule has 0 aliphatic carbocycles. The van der Waals surface area contributed by atoms with Gasteiger partial charge in [-0.1, -0.05) is 12.1 Å². The minimum Gasteiger partial charge on any atom is -0.465 e. The zero-order valence-corrected chi connectivity index (χ0v) is 16.0. The summed E-state index contributed by atoms with van der Waals surface area (Å²) in [4.78, 5) is 42.7. The van der Waals surface area contributed by atoms with Gasteiger partial charge in [-0.15, -0.1) is 0 Å². The number of carbonyl (C=O) groups excluding carboxylic acids is 2. The molecule has 0 aliphatic heterocycles. The number of hydrogen-bond donors (Lipinski definition) is 3. The number of halogens is 1. The first-order valence-corrected chi connectivity index (χ1v) is 8.66. The number of hydrazine groups is 1. The van der Waals surface area contributed by atoms with Crippen LogP contribution in [0.1, 0.15) is 20.7 Å². The number of methoxy groups -OCH3 is 1. The number of amides is 1. The van der Waals surface area contributed by atoms with Gasteiger partial charge in [0.25, 0.3) is 5.91 Å². The highest BCUT2D eigenvalue weighted by molar-refractivity contribution is 5.97. The Morgan fingerprint density at radius 1 is 1.06 bits per heavy atom. The van der Waals surface area contributed by atoms with E-state index in [4.69, 9.17) is 4.74 Å². The normalized spacial score (nSPS) is 10.1. The van der Waals surface area contributed by atoms with Gasteiger partial charge >= 0.3 is 11.7 Å². The highest BCUT2D eigenvalue weighted by Gasteiger charge is 2.25. The number of rotatable bonds is 7. The first-order chi connectivity index (χ1) is 14.9. The molecule has 0 saturated heterocycles.